The summed E-state index contributed by atoms with van der Waals surface area (Å²) in [6, 6.07) is 23.1. The Bertz CT molecular complexity index is 1570. The van der Waals surface area contributed by atoms with E-state index in [1.807, 2.05) is 83.4 Å². The number of aliphatic imine (C=N–C) groups is 1. The van der Waals surface area contributed by atoms with Crippen molar-refractivity contribution >= 4 is 23.1 Å². The lowest BCUT2D eigenvalue weighted by Crippen LogP contribution is -2.35. The van der Waals surface area contributed by atoms with E-state index in [9.17, 15) is 9.59 Å². The SMILES string of the molecule is CCc1cc2c(ccc(=O)n2Cc2ccc(C3(C(C(=O)OC)c4ccccc4)C=CC=N3)cc2)c(CC)n1. The second-order valence-corrected chi connectivity index (χ2v) is 9.48. The molecule has 4 aromatic rings. The molecular formula is C32H31N3O3. The monoisotopic (exact) mass is 505 g/mol. The summed E-state index contributed by atoms with van der Waals surface area (Å²) in [7, 11) is 1.41. The normalized spacial score (nSPS) is 17.1. The Morgan fingerprint density at radius 1 is 1.00 bits per heavy atom. The average molecular weight is 506 g/mol. The summed E-state index contributed by atoms with van der Waals surface area (Å²) in [6.07, 6.45) is 7.16. The topological polar surface area (TPSA) is 73.5 Å². The molecule has 3 heterocycles. The standard InChI is InChI=1S/C32H31N3O3/c1-4-25-20-28-26(27(5-2)34-25)16-17-29(36)35(28)21-22-12-14-24(15-13-22)32(18-9-19-33-32)30(31(37)38-3)23-10-7-6-8-11-23/h6-20,30H,4-5,21H2,1-3H3. The second kappa shape index (κ2) is 10.6. The van der Waals surface area contributed by atoms with Gasteiger partial charge in [0.15, 0.2) is 0 Å². The summed E-state index contributed by atoms with van der Waals surface area (Å²) >= 11 is 0. The van der Waals surface area contributed by atoms with Crippen LogP contribution in [0.1, 0.15) is 47.8 Å². The van der Waals surface area contributed by atoms with Gasteiger partial charge in [-0.25, -0.2) is 0 Å². The number of nitrogens with zero attached hydrogens (tertiary/aromatic N) is 3. The van der Waals surface area contributed by atoms with Crippen LogP contribution in [0.3, 0.4) is 0 Å². The Hall–Kier alpha value is -4.32. The van der Waals surface area contributed by atoms with Crippen molar-refractivity contribution in [3.63, 3.8) is 0 Å². The lowest BCUT2D eigenvalue weighted by atomic mass is 9.75. The highest BCUT2D eigenvalue weighted by Crippen LogP contribution is 2.44. The third-order valence-electron chi connectivity index (χ3n) is 7.31. The molecule has 0 saturated carbocycles. The smallest absolute Gasteiger partial charge is 0.316 e. The fourth-order valence-corrected chi connectivity index (χ4v) is 5.33. The largest absolute Gasteiger partial charge is 0.468 e. The highest BCUT2D eigenvalue weighted by atomic mass is 16.5. The van der Waals surface area contributed by atoms with Crippen molar-refractivity contribution in [2.75, 3.05) is 7.11 Å². The van der Waals surface area contributed by atoms with E-state index in [4.69, 9.17) is 14.7 Å². The molecule has 2 atom stereocenters. The molecule has 0 saturated heterocycles. The van der Waals surface area contributed by atoms with Crippen molar-refractivity contribution in [2.24, 2.45) is 4.99 Å². The van der Waals surface area contributed by atoms with Crippen LogP contribution in [0.5, 0.6) is 0 Å². The van der Waals surface area contributed by atoms with Crippen LogP contribution in [0.2, 0.25) is 0 Å². The fourth-order valence-electron chi connectivity index (χ4n) is 5.33. The Morgan fingerprint density at radius 3 is 2.39 bits per heavy atom. The lowest BCUT2D eigenvalue weighted by molar-refractivity contribution is -0.143. The van der Waals surface area contributed by atoms with Gasteiger partial charge in [0.05, 0.1) is 19.2 Å². The van der Waals surface area contributed by atoms with Crippen molar-refractivity contribution in [2.45, 2.75) is 44.7 Å². The number of hydrogen-bond acceptors (Lipinski definition) is 5. The van der Waals surface area contributed by atoms with Gasteiger partial charge in [-0.1, -0.05) is 68.4 Å². The summed E-state index contributed by atoms with van der Waals surface area (Å²) < 4.78 is 7.04. The number of allylic oxidation sites excluding steroid dienone is 1. The first-order chi connectivity index (χ1) is 18.5. The number of aryl methyl sites for hydroxylation is 2. The maximum Gasteiger partial charge on any atom is 0.316 e. The molecular weight excluding hydrogens is 474 g/mol. The summed E-state index contributed by atoms with van der Waals surface area (Å²) in [5, 5.41) is 1.01. The number of carbonyl (C=O) groups is 1. The predicted octanol–water partition coefficient (Wildman–Crippen LogP) is 5.36. The number of hydrogen-bond donors (Lipinski definition) is 0. The van der Waals surface area contributed by atoms with Crippen LogP contribution in [-0.2, 0) is 34.5 Å². The van der Waals surface area contributed by atoms with Gasteiger partial charge < -0.3 is 9.30 Å². The average Bonchev–Trinajstić information content (AvgIpc) is 3.45. The zero-order chi connectivity index (χ0) is 26.7. The molecule has 6 nitrogen and oxygen atoms in total. The second-order valence-electron chi connectivity index (χ2n) is 9.48. The summed E-state index contributed by atoms with van der Waals surface area (Å²) in [4.78, 5) is 35.6. The molecule has 1 aliphatic rings. The van der Waals surface area contributed by atoms with Crippen molar-refractivity contribution in [1.82, 2.24) is 9.55 Å². The highest BCUT2D eigenvalue weighted by Gasteiger charge is 2.45. The Morgan fingerprint density at radius 2 is 1.76 bits per heavy atom. The lowest BCUT2D eigenvalue weighted by Gasteiger charge is -2.33. The van der Waals surface area contributed by atoms with Gasteiger partial charge >= 0.3 is 5.97 Å². The van der Waals surface area contributed by atoms with Crippen LogP contribution in [0.4, 0.5) is 0 Å². The molecule has 2 aromatic heterocycles. The predicted molar refractivity (Wildman–Crippen MR) is 151 cm³/mol. The first-order valence-electron chi connectivity index (χ1n) is 13.0. The van der Waals surface area contributed by atoms with Gasteiger partial charge in [0.1, 0.15) is 11.5 Å². The molecule has 2 aromatic carbocycles. The van der Waals surface area contributed by atoms with Gasteiger partial charge in [-0.2, -0.15) is 0 Å². The number of carbonyl (C=O) groups excluding carboxylic acids is 1. The quantitative estimate of drug-likeness (QED) is 0.302. The minimum absolute atomic E-state index is 0.0495. The van der Waals surface area contributed by atoms with E-state index in [-0.39, 0.29) is 11.5 Å². The van der Waals surface area contributed by atoms with E-state index in [0.717, 1.165) is 51.8 Å². The van der Waals surface area contributed by atoms with Gasteiger partial charge in [0.2, 0.25) is 0 Å². The molecule has 38 heavy (non-hydrogen) atoms. The van der Waals surface area contributed by atoms with Gasteiger partial charge in [-0.15, -0.1) is 0 Å². The molecule has 0 fully saturated rings. The van der Waals surface area contributed by atoms with Crippen LogP contribution in [-0.4, -0.2) is 28.8 Å². The number of esters is 1. The van der Waals surface area contributed by atoms with Crippen LogP contribution in [0, 0.1) is 0 Å². The summed E-state index contributed by atoms with van der Waals surface area (Å²) in [5.74, 6) is -0.985. The van der Waals surface area contributed by atoms with Crippen LogP contribution in [0.25, 0.3) is 10.9 Å². The van der Waals surface area contributed by atoms with Gasteiger partial charge in [-0.05, 0) is 53.8 Å². The molecule has 0 spiro atoms. The molecule has 1 aliphatic heterocycles. The van der Waals surface area contributed by atoms with E-state index in [1.165, 1.54) is 7.11 Å². The number of fused-ring (bicyclic) bond motifs is 1. The van der Waals surface area contributed by atoms with Crippen LogP contribution in [0.15, 0.2) is 94.7 Å². The number of ether oxygens (including phenoxy) is 1. The summed E-state index contributed by atoms with van der Waals surface area (Å²) in [6.45, 7) is 4.59. The van der Waals surface area contributed by atoms with E-state index >= 15 is 0 Å². The fraction of sp³-hybridized carbons (Fsp3) is 0.250. The van der Waals surface area contributed by atoms with Gasteiger partial charge in [0, 0.05) is 29.1 Å². The van der Waals surface area contributed by atoms with Crippen LogP contribution < -0.4 is 5.56 Å². The molecule has 6 heteroatoms. The van der Waals surface area contributed by atoms with Gasteiger partial charge in [0.25, 0.3) is 5.56 Å². The maximum atomic E-state index is 13.1. The minimum atomic E-state index is -0.916. The van der Waals surface area contributed by atoms with E-state index in [0.29, 0.717) is 6.54 Å². The number of pyridine rings is 2. The van der Waals surface area contributed by atoms with E-state index in [1.54, 1.807) is 12.3 Å². The molecule has 0 aliphatic carbocycles. The molecule has 0 N–H and O–H groups in total. The Labute approximate surface area is 222 Å². The van der Waals surface area contributed by atoms with Crippen molar-refractivity contribution < 1.29 is 9.53 Å². The maximum absolute atomic E-state index is 13.1. The molecule has 0 amide bonds. The highest BCUT2D eigenvalue weighted by molar-refractivity contribution is 5.85. The number of benzene rings is 2. The zero-order valence-corrected chi connectivity index (χ0v) is 21.9. The van der Waals surface area contributed by atoms with Crippen molar-refractivity contribution in [1.29, 1.82) is 0 Å². The Balaban J connectivity index is 1.55. The number of methoxy groups -OCH3 is 1. The Kier molecular flexibility index (Phi) is 7.05. The summed E-state index contributed by atoms with van der Waals surface area (Å²) in [5.41, 5.74) is 4.61. The molecule has 5 rings (SSSR count). The molecule has 0 radical (unpaired) electrons. The van der Waals surface area contributed by atoms with Crippen molar-refractivity contribution in [3.05, 3.63) is 123 Å². The first-order valence-corrected chi connectivity index (χ1v) is 13.0. The number of rotatable bonds is 8. The molecule has 2 unspecified atom stereocenters. The minimum Gasteiger partial charge on any atom is -0.468 e. The third-order valence-corrected chi connectivity index (χ3v) is 7.31. The zero-order valence-electron chi connectivity index (χ0n) is 21.9. The van der Waals surface area contributed by atoms with Crippen molar-refractivity contribution in [3.8, 4) is 0 Å². The third kappa shape index (κ3) is 4.47. The first kappa shape index (κ1) is 25.3. The van der Waals surface area contributed by atoms with Gasteiger partial charge in [-0.3, -0.25) is 19.6 Å². The van der Waals surface area contributed by atoms with E-state index in [2.05, 4.69) is 13.8 Å². The number of aromatic nitrogens is 2. The van der Waals surface area contributed by atoms with Crippen LogP contribution >= 0.6 is 0 Å². The molecule has 0 bridgehead atoms. The molecule has 192 valence electrons. The van der Waals surface area contributed by atoms with E-state index < -0.39 is 11.5 Å².